The van der Waals surface area contributed by atoms with Crippen LogP contribution in [0.3, 0.4) is 0 Å². The van der Waals surface area contributed by atoms with E-state index in [-0.39, 0.29) is 0 Å². The third-order valence-corrected chi connectivity index (χ3v) is 4.85. The van der Waals surface area contributed by atoms with Crippen molar-refractivity contribution in [1.29, 1.82) is 0 Å². The van der Waals surface area contributed by atoms with Gasteiger partial charge in [0.15, 0.2) is 0 Å². The Morgan fingerprint density at radius 1 is 0.952 bits per heavy atom. The molecule has 0 fully saturated rings. The monoisotopic (exact) mass is 364 g/mol. The van der Waals surface area contributed by atoms with Crippen LogP contribution in [0.2, 0.25) is 0 Å². The molecule has 0 unspecified atom stereocenters. The van der Waals surface area contributed by atoms with Gasteiger partial charge in [0.2, 0.25) is 0 Å². The summed E-state index contributed by atoms with van der Waals surface area (Å²) in [6, 6.07) is 0. The number of hydrogen-bond acceptors (Lipinski definition) is 3. The molecule has 0 aromatic carbocycles. The minimum atomic E-state index is -0.643. The Morgan fingerprint density at radius 2 is 1.38 bits per heavy atom. The van der Waals surface area contributed by atoms with Crippen LogP contribution < -0.4 is 0 Å². The van der Waals surface area contributed by atoms with Crippen LogP contribution in [-0.2, 0) is 9.53 Å². The molecule has 0 rings (SSSR count). The minimum absolute atomic E-state index is 0.398. The van der Waals surface area contributed by atoms with E-state index >= 15 is 0 Å². The van der Waals surface area contributed by atoms with Crippen molar-refractivity contribution in [3.8, 4) is 0 Å². The Balaban J connectivity index is 3.30. The number of carbonyl (C=O) groups excluding carboxylic acids is 1. The molecule has 3 nitrogen and oxygen atoms in total. The lowest BCUT2D eigenvalue weighted by Crippen LogP contribution is -2.29. The second kappa shape index (κ2) is 14.8. The average molecular weight is 365 g/mol. The molecule has 0 radical (unpaired) electrons. The number of hydrogen-bond donors (Lipinski definition) is 1. The van der Waals surface area contributed by atoms with Crippen molar-refractivity contribution in [1.82, 2.24) is 0 Å². The third-order valence-electron chi connectivity index (χ3n) is 3.87. The molecular weight excluding hydrogens is 332 g/mol. The van der Waals surface area contributed by atoms with E-state index in [4.69, 9.17) is 0 Å². The van der Waals surface area contributed by atoms with Crippen LogP contribution in [-0.4, -0.2) is 29.1 Å². The minimum Gasteiger partial charge on any atom is -0.468 e. The van der Waals surface area contributed by atoms with Crippen LogP contribution in [0.15, 0.2) is 0 Å². The van der Waals surface area contributed by atoms with Crippen molar-refractivity contribution < 1.29 is 14.6 Å². The van der Waals surface area contributed by atoms with Crippen molar-refractivity contribution in [2.75, 3.05) is 7.11 Å². The molecule has 126 valence electrons. The first-order chi connectivity index (χ1) is 10.1. The molecule has 21 heavy (non-hydrogen) atoms. The SMILES string of the molecule is CCCCCCCCCCCCC[C@H](O)[C@H](Br)C(=O)OC. The predicted molar refractivity (Wildman–Crippen MR) is 91.8 cm³/mol. The second-order valence-electron chi connectivity index (χ2n) is 5.82. The zero-order valence-electron chi connectivity index (χ0n) is 13.8. The van der Waals surface area contributed by atoms with Crippen LogP contribution in [0.1, 0.15) is 84.0 Å². The molecule has 0 saturated carbocycles. The van der Waals surface area contributed by atoms with Crippen molar-refractivity contribution in [3.63, 3.8) is 0 Å². The number of rotatable bonds is 14. The lowest BCUT2D eigenvalue weighted by Gasteiger charge is -2.14. The molecule has 4 heteroatoms. The number of aliphatic hydroxyl groups excluding tert-OH is 1. The fourth-order valence-electron chi connectivity index (χ4n) is 2.43. The van der Waals surface area contributed by atoms with Crippen LogP contribution in [0.25, 0.3) is 0 Å². The fraction of sp³-hybridized carbons (Fsp3) is 0.941. The summed E-state index contributed by atoms with van der Waals surface area (Å²) in [4.78, 5) is 10.6. The van der Waals surface area contributed by atoms with Gasteiger partial charge in [0.05, 0.1) is 13.2 Å². The van der Waals surface area contributed by atoms with Gasteiger partial charge in [-0.25, -0.2) is 0 Å². The maximum Gasteiger partial charge on any atom is 0.322 e. The first kappa shape index (κ1) is 20.9. The van der Waals surface area contributed by atoms with Gasteiger partial charge in [0.1, 0.15) is 4.83 Å². The highest BCUT2D eigenvalue weighted by molar-refractivity contribution is 9.10. The number of alkyl halides is 1. The van der Waals surface area contributed by atoms with Gasteiger partial charge < -0.3 is 9.84 Å². The molecule has 0 aromatic rings. The lowest BCUT2D eigenvalue weighted by atomic mass is 10.0. The molecule has 0 spiro atoms. The summed E-state index contributed by atoms with van der Waals surface area (Å²) >= 11 is 3.17. The molecular formula is C17H33BrO3. The summed E-state index contributed by atoms with van der Waals surface area (Å²) in [5.74, 6) is -0.398. The zero-order valence-corrected chi connectivity index (χ0v) is 15.4. The van der Waals surface area contributed by atoms with E-state index in [2.05, 4.69) is 27.6 Å². The highest BCUT2D eigenvalue weighted by Crippen LogP contribution is 2.16. The topological polar surface area (TPSA) is 46.5 Å². The van der Waals surface area contributed by atoms with E-state index in [9.17, 15) is 9.90 Å². The zero-order chi connectivity index (χ0) is 15.9. The Bertz CT molecular complexity index is 246. The van der Waals surface area contributed by atoms with Crippen molar-refractivity contribution in [3.05, 3.63) is 0 Å². The van der Waals surface area contributed by atoms with Gasteiger partial charge in [-0.15, -0.1) is 0 Å². The summed E-state index contributed by atoms with van der Waals surface area (Å²) in [5, 5.41) is 9.82. The molecule has 2 atom stereocenters. The number of methoxy groups -OCH3 is 1. The van der Waals surface area contributed by atoms with Gasteiger partial charge in [-0.2, -0.15) is 0 Å². The number of halogens is 1. The molecule has 0 amide bonds. The van der Waals surface area contributed by atoms with E-state index in [1.165, 1.54) is 64.9 Å². The molecule has 1 N–H and O–H groups in total. The van der Waals surface area contributed by atoms with E-state index in [1.54, 1.807) is 0 Å². The molecule has 0 aromatic heterocycles. The van der Waals surface area contributed by atoms with Crippen LogP contribution >= 0.6 is 15.9 Å². The Hall–Kier alpha value is -0.0900. The molecule has 0 aliphatic rings. The largest absolute Gasteiger partial charge is 0.468 e. The van der Waals surface area contributed by atoms with Crippen LogP contribution in [0.5, 0.6) is 0 Å². The van der Waals surface area contributed by atoms with Crippen LogP contribution in [0.4, 0.5) is 0 Å². The highest BCUT2D eigenvalue weighted by atomic mass is 79.9. The number of carbonyl (C=O) groups is 1. The number of unbranched alkanes of at least 4 members (excludes halogenated alkanes) is 10. The summed E-state index contributed by atoms with van der Waals surface area (Å²) in [5.41, 5.74) is 0. The lowest BCUT2D eigenvalue weighted by molar-refractivity contribution is -0.141. The Kier molecular flexibility index (Phi) is 14.8. The van der Waals surface area contributed by atoms with Gasteiger partial charge in [0, 0.05) is 0 Å². The Labute approximate surface area is 139 Å². The van der Waals surface area contributed by atoms with E-state index < -0.39 is 16.9 Å². The number of aliphatic hydroxyl groups is 1. The average Bonchev–Trinajstić information content (AvgIpc) is 2.50. The summed E-state index contributed by atoms with van der Waals surface area (Å²) in [7, 11) is 1.34. The van der Waals surface area contributed by atoms with Gasteiger partial charge in [0.25, 0.3) is 0 Å². The maximum atomic E-state index is 11.2. The molecule has 0 heterocycles. The maximum absolute atomic E-state index is 11.2. The van der Waals surface area contributed by atoms with Crippen molar-refractivity contribution in [2.45, 2.75) is 94.9 Å². The Morgan fingerprint density at radius 3 is 1.81 bits per heavy atom. The van der Waals surface area contributed by atoms with Crippen LogP contribution in [0, 0.1) is 0 Å². The van der Waals surface area contributed by atoms with Gasteiger partial charge in [-0.1, -0.05) is 93.5 Å². The van der Waals surface area contributed by atoms with E-state index in [1.807, 2.05) is 0 Å². The standard InChI is InChI=1S/C17H33BrO3/c1-3-4-5-6-7-8-9-10-11-12-13-14-15(19)16(18)17(20)21-2/h15-16,19H,3-14H2,1-2H3/t15-,16-/m0/s1. The van der Waals surface area contributed by atoms with Gasteiger partial charge >= 0.3 is 5.97 Å². The summed E-state index contributed by atoms with van der Waals surface area (Å²) in [6.45, 7) is 2.25. The molecule has 0 bridgehead atoms. The second-order valence-corrected chi connectivity index (χ2v) is 6.80. The van der Waals surface area contributed by atoms with Crippen molar-refractivity contribution in [2.24, 2.45) is 0 Å². The summed E-state index contributed by atoms with van der Waals surface area (Å²) in [6.07, 6.45) is 14.2. The van der Waals surface area contributed by atoms with E-state index in [0.29, 0.717) is 6.42 Å². The van der Waals surface area contributed by atoms with Gasteiger partial charge in [-0.3, -0.25) is 4.79 Å². The fourth-order valence-corrected chi connectivity index (χ4v) is 2.88. The number of esters is 1. The third kappa shape index (κ3) is 12.2. The normalized spacial score (nSPS) is 13.9. The highest BCUT2D eigenvalue weighted by Gasteiger charge is 2.23. The van der Waals surface area contributed by atoms with Gasteiger partial charge in [-0.05, 0) is 6.42 Å². The first-order valence-electron chi connectivity index (χ1n) is 8.53. The summed E-state index contributed by atoms with van der Waals surface area (Å²) < 4.78 is 4.59. The molecule has 0 aliphatic heterocycles. The quantitative estimate of drug-likeness (QED) is 0.268. The van der Waals surface area contributed by atoms with Crippen molar-refractivity contribution >= 4 is 21.9 Å². The predicted octanol–water partition coefficient (Wildman–Crippen LogP) is 4.98. The molecule has 0 aliphatic carbocycles. The smallest absolute Gasteiger partial charge is 0.322 e. The van der Waals surface area contributed by atoms with E-state index in [0.717, 1.165) is 12.8 Å². The molecule has 0 saturated heterocycles. The first-order valence-corrected chi connectivity index (χ1v) is 9.45. The number of ether oxygens (including phenoxy) is 1.